The van der Waals surface area contributed by atoms with Gasteiger partial charge in [-0.15, -0.1) is 0 Å². The molecule has 5 rings (SSSR count). The SMILES string of the molecule is Cn1cc(-n2ccc(=O)c(Cc3cccc(-c4ncc(CCC5=CCCC=C5)cn4)c3)n2)cn1. The second-order valence-electron chi connectivity index (χ2n) is 8.49. The molecule has 0 atom stereocenters. The Morgan fingerprint density at radius 1 is 1.00 bits per heavy atom. The highest BCUT2D eigenvalue weighted by Gasteiger charge is 2.09. The molecule has 4 aromatic rings. The summed E-state index contributed by atoms with van der Waals surface area (Å²) in [6, 6.07) is 9.51. The van der Waals surface area contributed by atoms with Gasteiger partial charge in [0.2, 0.25) is 5.43 Å². The summed E-state index contributed by atoms with van der Waals surface area (Å²) in [5.74, 6) is 0.677. The molecule has 0 fully saturated rings. The van der Waals surface area contributed by atoms with Crippen molar-refractivity contribution in [3.63, 3.8) is 0 Å². The first-order valence-corrected chi connectivity index (χ1v) is 11.5. The third kappa shape index (κ3) is 5.09. The van der Waals surface area contributed by atoms with E-state index in [4.69, 9.17) is 0 Å². The van der Waals surface area contributed by atoms with E-state index < -0.39 is 0 Å². The Balaban J connectivity index is 1.31. The van der Waals surface area contributed by atoms with Crippen LogP contribution in [-0.4, -0.2) is 29.5 Å². The summed E-state index contributed by atoms with van der Waals surface area (Å²) in [6.45, 7) is 0. The highest BCUT2D eigenvalue weighted by Crippen LogP contribution is 2.19. The molecule has 0 amide bonds. The summed E-state index contributed by atoms with van der Waals surface area (Å²) in [4.78, 5) is 21.6. The van der Waals surface area contributed by atoms with E-state index in [0.29, 0.717) is 17.9 Å². The minimum atomic E-state index is -0.0888. The molecule has 170 valence electrons. The molecule has 0 saturated carbocycles. The molecular formula is C27H26N6O. The molecule has 0 aliphatic heterocycles. The van der Waals surface area contributed by atoms with Gasteiger partial charge in [0.1, 0.15) is 11.4 Å². The van der Waals surface area contributed by atoms with Gasteiger partial charge in [-0.3, -0.25) is 9.48 Å². The number of allylic oxidation sites excluding steroid dienone is 4. The van der Waals surface area contributed by atoms with Gasteiger partial charge in [-0.1, -0.05) is 42.0 Å². The first-order valence-electron chi connectivity index (χ1n) is 11.5. The van der Waals surface area contributed by atoms with E-state index in [1.165, 1.54) is 5.57 Å². The van der Waals surface area contributed by atoms with Crippen LogP contribution >= 0.6 is 0 Å². The van der Waals surface area contributed by atoms with Gasteiger partial charge in [0.15, 0.2) is 5.82 Å². The third-order valence-corrected chi connectivity index (χ3v) is 5.87. The van der Waals surface area contributed by atoms with Crippen LogP contribution in [0.5, 0.6) is 0 Å². The van der Waals surface area contributed by atoms with E-state index in [1.807, 2.05) is 49.9 Å². The summed E-state index contributed by atoms with van der Waals surface area (Å²) in [5.41, 5.74) is 5.62. The molecule has 7 nitrogen and oxygen atoms in total. The van der Waals surface area contributed by atoms with Crippen molar-refractivity contribution in [3.8, 4) is 17.1 Å². The largest absolute Gasteiger partial charge is 0.288 e. The van der Waals surface area contributed by atoms with Gasteiger partial charge >= 0.3 is 0 Å². The molecule has 0 spiro atoms. The summed E-state index contributed by atoms with van der Waals surface area (Å²) in [7, 11) is 1.85. The smallest absolute Gasteiger partial charge is 0.203 e. The van der Waals surface area contributed by atoms with Crippen LogP contribution in [0, 0.1) is 0 Å². The average Bonchev–Trinajstić information content (AvgIpc) is 3.31. The number of aryl methyl sites for hydroxylation is 2. The lowest BCUT2D eigenvalue weighted by Gasteiger charge is -2.08. The van der Waals surface area contributed by atoms with Crippen LogP contribution in [0.2, 0.25) is 0 Å². The molecule has 3 aromatic heterocycles. The molecule has 1 aliphatic carbocycles. The van der Waals surface area contributed by atoms with Crippen LogP contribution in [0.4, 0.5) is 0 Å². The molecular weight excluding hydrogens is 424 g/mol. The van der Waals surface area contributed by atoms with Crippen LogP contribution in [0.1, 0.15) is 36.1 Å². The van der Waals surface area contributed by atoms with Crippen molar-refractivity contribution >= 4 is 0 Å². The average molecular weight is 451 g/mol. The molecule has 0 N–H and O–H groups in total. The van der Waals surface area contributed by atoms with Gasteiger partial charge in [0, 0.05) is 43.7 Å². The highest BCUT2D eigenvalue weighted by atomic mass is 16.1. The van der Waals surface area contributed by atoms with E-state index in [2.05, 4.69) is 38.4 Å². The second kappa shape index (κ2) is 9.79. The maximum absolute atomic E-state index is 12.5. The zero-order chi connectivity index (χ0) is 23.3. The molecule has 0 radical (unpaired) electrons. The van der Waals surface area contributed by atoms with Crippen LogP contribution in [0.25, 0.3) is 17.1 Å². The van der Waals surface area contributed by atoms with Crippen molar-refractivity contribution in [3.05, 3.63) is 112 Å². The van der Waals surface area contributed by atoms with E-state index in [9.17, 15) is 4.79 Å². The summed E-state index contributed by atoms with van der Waals surface area (Å²) < 4.78 is 3.38. The van der Waals surface area contributed by atoms with Gasteiger partial charge < -0.3 is 0 Å². The Labute approximate surface area is 198 Å². The van der Waals surface area contributed by atoms with Crippen molar-refractivity contribution in [1.82, 2.24) is 29.5 Å². The standard InChI is InChI=1S/C27H26N6O/c1-32-19-24(18-30-32)33-13-12-26(34)25(31-33)15-21-8-5-9-23(14-21)27-28-16-22(17-29-27)11-10-20-6-3-2-4-7-20/h3,5-9,12-14,16-19H,2,4,10-11,15H2,1H3. The number of rotatable bonds is 7. The first-order chi connectivity index (χ1) is 16.6. The lowest BCUT2D eigenvalue weighted by Crippen LogP contribution is -2.16. The Morgan fingerprint density at radius 2 is 1.88 bits per heavy atom. The molecule has 7 heteroatoms. The number of nitrogens with zero attached hydrogens (tertiary/aromatic N) is 6. The molecule has 34 heavy (non-hydrogen) atoms. The van der Waals surface area contributed by atoms with Crippen molar-refractivity contribution < 1.29 is 0 Å². The Morgan fingerprint density at radius 3 is 2.65 bits per heavy atom. The summed E-state index contributed by atoms with van der Waals surface area (Å²) in [6.07, 6.45) is 20.5. The van der Waals surface area contributed by atoms with Crippen LogP contribution in [0.15, 0.2) is 89.9 Å². The van der Waals surface area contributed by atoms with E-state index in [1.54, 1.807) is 27.8 Å². The van der Waals surface area contributed by atoms with Gasteiger partial charge in [0.05, 0.1) is 12.4 Å². The number of aromatic nitrogens is 6. The maximum atomic E-state index is 12.5. The second-order valence-corrected chi connectivity index (χ2v) is 8.49. The topological polar surface area (TPSA) is 78.5 Å². The number of benzene rings is 1. The quantitative estimate of drug-likeness (QED) is 0.421. The third-order valence-electron chi connectivity index (χ3n) is 5.87. The fraction of sp³-hybridized carbons (Fsp3) is 0.222. The molecule has 0 unspecified atom stereocenters. The molecule has 3 heterocycles. The molecule has 1 aromatic carbocycles. The normalized spacial score (nSPS) is 13.1. The van der Waals surface area contributed by atoms with Crippen molar-refractivity contribution in [2.45, 2.75) is 32.1 Å². The molecule has 1 aliphatic rings. The van der Waals surface area contributed by atoms with Gasteiger partial charge in [-0.05, 0) is 42.9 Å². The zero-order valence-corrected chi connectivity index (χ0v) is 19.1. The zero-order valence-electron chi connectivity index (χ0n) is 19.1. The highest BCUT2D eigenvalue weighted by molar-refractivity contribution is 5.56. The van der Waals surface area contributed by atoms with Crippen LogP contribution in [-0.2, 0) is 19.9 Å². The molecule has 0 bridgehead atoms. The number of hydrogen-bond acceptors (Lipinski definition) is 5. The summed E-state index contributed by atoms with van der Waals surface area (Å²) in [5, 5.41) is 8.71. The fourth-order valence-electron chi connectivity index (χ4n) is 4.03. The van der Waals surface area contributed by atoms with Crippen molar-refractivity contribution in [2.24, 2.45) is 7.05 Å². The lowest BCUT2D eigenvalue weighted by molar-refractivity contribution is 0.762. The van der Waals surface area contributed by atoms with Crippen molar-refractivity contribution in [1.29, 1.82) is 0 Å². The van der Waals surface area contributed by atoms with E-state index in [-0.39, 0.29) is 5.43 Å². The van der Waals surface area contributed by atoms with Gasteiger partial charge in [0.25, 0.3) is 0 Å². The Kier molecular flexibility index (Phi) is 6.25. The summed E-state index contributed by atoms with van der Waals surface area (Å²) >= 11 is 0. The minimum absolute atomic E-state index is 0.0888. The predicted octanol–water partition coefficient (Wildman–Crippen LogP) is 4.22. The monoisotopic (exact) mass is 450 g/mol. The van der Waals surface area contributed by atoms with E-state index in [0.717, 1.165) is 48.1 Å². The van der Waals surface area contributed by atoms with Crippen molar-refractivity contribution in [2.75, 3.05) is 0 Å². The van der Waals surface area contributed by atoms with Crippen LogP contribution in [0.3, 0.4) is 0 Å². The Bertz CT molecular complexity index is 1410. The maximum Gasteiger partial charge on any atom is 0.203 e. The fourth-order valence-corrected chi connectivity index (χ4v) is 4.03. The van der Waals surface area contributed by atoms with Crippen LogP contribution < -0.4 is 5.43 Å². The Hall–Kier alpha value is -4.13. The molecule has 0 saturated heterocycles. The number of hydrogen-bond donors (Lipinski definition) is 0. The van der Waals surface area contributed by atoms with Gasteiger partial charge in [-0.25, -0.2) is 14.6 Å². The van der Waals surface area contributed by atoms with Gasteiger partial charge in [-0.2, -0.15) is 10.2 Å². The van der Waals surface area contributed by atoms with E-state index >= 15 is 0 Å². The minimum Gasteiger partial charge on any atom is -0.288 e. The lowest BCUT2D eigenvalue weighted by atomic mass is 10.0. The first kappa shape index (κ1) is 21.7. The predicted molar refractivity (Wildman–Crippen MR) is 132 cm³/mol.